The van der Waals surface area contributed by atoms with E-state index in [1.165, 1.54) is 22.8 Å². The van der Waals surface area contributed by atoms with Crippen molar-refractivity contribution in [1.29, 1.82) is 5.26 Å². The fourth-order valence-corrected chi connectivity index (χ4v) is 8.46. The van der Waals surface area contributed by atoms with Gasteiger partial charge in [-0.1, -0.05) is 0 Å². The van der Waals surface area contributed by atoms with E-state index in [0.717, 1.165) is 27.2 Å². The topological polar surface area (TPSA) is 232 Å². The van der Waals surface area contributed by atoms with Crippen LogP contribution in [0.2, 0.25) is 0 Å². The number of benzene rings is 3. The summed E-state index contributed by atoms with van der Waals surface area (Å²) in [5.74, 6) is -1.43. The van der Waals surface area contributed by atoms with Gasteiger partial charge in [0.1, 0.15) is 30.5 Å². The zero-order valence-corrected chi connectivity index (χ0v) is 34.6. The second kappa shape index (κ2) is 20.7. The maximum absolute atomic E-state index is 13.0. The maximum Gasteiger partial charge on any atom is 0.262 e. The minimum Gasteiger partial charge on any atom is -0.491 e. The van der Waals surface area contributed by atoms with Crippen LogP contribution in [0.5, 0.6) is 5.75 Å². The van der Waals surface area contributed by atoms with E-state index in [-0.39, 0.29) is 56.1 Å². The summed E-state index contributed by atoms with van der Waals surface area (Å²) in [6.45, 7) is 4.20. The van der Waals surface area contributed by atoms with Crippen LogP contribution >= 0.6 is 0 Å². The molecule has 0 aliphatic carbocycles. The first kappa shape index (κ1) is 44.0. The van der Waals surface area contributed by atoms with Crippen molar-refractivity contribution in [3.63, 3.8) is 0 Å². The molecule has 4 amide bonds. The van der Waals surface area contributed by atoms with Crippen molar-refractivity contribution in [1.82, 2.24) is 24.5 Å². The minimum absolute atomic E-state index is 0.0464. The van der Waals surface area contributed by atoms with Gasteiger partial charge in [-0.25, -0.2) is 18.4 Å². The third kappa shape index (κ3) is 10.9. The molecule has 3 aliphatic heterocycles. The van der Waals surface area contributed by atoms with E-state index in [4.69, 9.17) is 23.7 Å². The minimum atomic E-state index is -3.48. The Bertz CT molecular complexity index is 2420. The van der Waals surface area contributed by atoms with Gasteiger partial charge in [-0.15, -0.1) is 0 Å². The number of piperazine rings is 1. The normalized spacial score (nSPS) is 17.0. The van der Waals surface area contributed by atoms with Gasteiger partial charge in [0, 0.05) is 49.4 Å². The van der Waals surface area contributed by atoms with E-state index in [9.17, 15) is 32.9 Å². The van der Waals surface area contributed by atoms with Gasteiger partial charge in [0.2, 0.25) is 21.8 Å². The number of carbonyl (C=O) groups excluding carboxylic acids is 4. The highest BCUT2D eigenvalue weighted by molar-refractivity contribution is 7.89. The Labute approximate surface area is 357 Å². The molecule has 0 spiro atoms. The van der Waals surface area contributed by atoms with E-state index in [1.807, 2.05) is 24.3 Å². The average molecular weight is 871 g/mol. The largest absolute Gasteiger partial charge is 0.491 e. The summed E-state index contributed by atoms with van der Waals surface area (Å²) in [5, 5.41) is 15.5. The van der Waals surface area contributed by atoms with Crippen LogP contribution in [0.1, 0.15) is 39.1 Å². The molecule has 0 saturated carbocycles. The van der Waals surface area contributed by atoms with Crippen LogP contribution in [0, 0.1) is 11.3 Å². The van der Waals surface area contributed by atoms with Gasteiger partial charge in [-0.2, -0.15) is 9.57 Å². The van der Waals surface area contributed by atoms with Crippen LogP contribution in [0.15, 0.2) is 67.0 Å². The molecule has 62 heavy (non-hydrogen) atoms. The van der Waals surface area contributed by atoms with E-state index in [2.05, 4.69) is 31.6 Å². The highest BCUT2D eigenvalue weighted by Gasteiger charge is 2.44. The molecule has 2 saturated heterocycles. The quantitative estimate of drug-likeness (QED) is 0.0903. The molecule has 0 bridgehead atoms. The summed E-state index contributed by atoms with van der Waals surface area (Å²) in [6.07, 6.45) is 1.60. The van der Waals surface area contributed by atoms with Gasteiger partial charge >= 0.3 is 0 Å². The molecule has 7 rings (SSSR count). The number of nitrogens with one attached hydrogen (secondary N) is 2. The number of imide groups is 2. The molecule has 1 unspecified atom stereocenters. The maximum atomic E-state index is 13.0. The Balaban J connectivity index is 0.693. The van der Waals surface area contributed by atoms with Gasteiger partial charge in [0.25, 0.3) is 11.8 Å². The predicted molar refractivity (Wildman–Crippen MR) is 223 cm³/mol. The first-order valence-electron chi connectivity index (χ1n) is 20.2. The molecule has 1 atom stereocenters. The van der Waals surface area contributed by atoms with Gasteiger partial charge in [-0.3, -0.25) is 29.4 Å². The molecule has 326 valence electrons. The molecule has 20 heteroatoms. The summed E-state index contributed by atoms with van der Waals surface area (Å²) in [7, 11) is -3.48. The summed E-state index contributed by atoms with van der Waals surface area (Å²) < 4.78 is 55.2. The lowest BCUT2D eigenvalue weighted by Gasteiger charge is -2.35. The number of piperidine rings is 1. The van der Waals surface area contributed by atoms with Crippen molar-refractivity contribution in [3.8, 4) is 11.8 Å². The van der Waals surface area contributed by atoms with Crippen LogP contribution in [0.3, 0.4) is 0 Å². The van der Waals surface area contributed by atoms with Gasteiger partial charge < -0.3 is 33.9 Å². The number of anilines is 3. The average Bonchev–Trinajstić information content (AvgIpc) is 3.52. The number of nitriles is 1. The van der Waals surface area contributed by atoms with Gasteiger partial charge in [-0.05, 0) is 67.1 Å². The molecule has 3 aromatic carbocycles. The number of nitrogens with zero attached hydrogens (tertiary/aromatic N) is 6. The molecule has 4 heterocycles. The molecule has 3 aliphatic rings. The second-order valence-corrected chi connectivity index (χ2v) is 16.5. The number of fused-ring (bicyclic) bond motifs is 2. The van der Waals surface area contributed by atoms with Crippen LogP contribution in [0.25, 0.3) is 10.9 Å². The highest BCUT2D eigenvalue weighted by Crippen LogP contribution is 2.31. The molecule has 2 N–H and O–H groups in total. The second-order valence-electron chi connectivity index (χ2n) is 14.4. The number of carbonyl (C=O) groups is 4. The monoisotopic (exact) mass is 870 g/mol. The summed E-state index contributed by atoms with van der Waals surface area (Å²) in [4.78, 5) is 61.2. The molecular weight excluding hydrogens is 825 g/mol. The van der Waals surface area contributed by atoms with Gasteiger partial charge in [0.15, 0.2) is 0 Å². The predicted octanol–water partition coefficient (Wildman–Crippen LogP) is 2.24. The van der Waals surface area contributed by atoms with E-state index in [0.29, 0.717) is 76.3 Å². The standard InChI is InChI=1S/C42H46N8O11S/c43-27-29-1-8-36-35(25-29)39(45-28-44-36)46-30-2-4-31(5-3-30)48-11-13-49(14-12-48)62(55,56)24-23-60-20-19-58-16-15-57-17-18-59-21-22-61-32-6-7-33-34(26-32)42(54)50(41(33)53)37-9-10-38(51)47-40(37)52/h1-8,25-26,28,37H,9-24H2,(H,44,45,46)(H,47,51,52). The van der Waals surface area contributed by atoms with Crippen LogP contribution in [0.4, 0.5) is 17.2 Å². The fraction of sp³-hybridized carbons (Fsp3) is 0.405. The molecule has 1 aromatic heterocycles. The van der Waals surface area contributed by atoms with E-state index < -0.39 is 39.7 Å². The third-order valence-corrected chi connectivity index (χ3v) is 12.2. The number of ether oxygens (including phenoxy) is 5. The first-order chi connectivity index (χ1) is 30.1. The zero-order chi connectivity index (χ0) is 43.5. The van der Waals surface area contributed by atoms with Crippen molar-refractivity contribution in [2.24, 2.45) is 0 Å². The lowest BCUT2D eigenvalue weighted by atomic mass is 10.0. The van der Waals surface area contributed by atoms with Crippen LogP contribution < -0.4 is 20.3 Å². The van der Waals surface area contributed by atoms with Crippen molar-refractivity contribution < 1.29 is 51.3 Å². The number of hydrogen-bond acceptors (Lipinski definition) is 16. The third-order valence-electron chi connectivity index (χ3n) is 10.4. The van der Waals surface area contributed by atoms with E-state index >= 15 is 0 Å². The molecular formula is C42H46N8O11S. The SMILES string of the molecule is N#Cc1ccc2ncnc(Nc3ccc(N4CCN(S(=O)(=O)CCOCCOCCOCCOCCOc5ccc6c(c5)C(=O)N(C5CCC(=O)NC5=O)C6=O)CC4)cc3)c2c1. The number of hydrogen-bond donors (Lipinski definition) is 2. The van der Waals surface area contributed by atoms with Crippen molar-refractivity contribution in [2.75, 3.05) is 102 Å². The number of rotatable bonds is 21. The Kier molecular flexibility index (Phi) is 14.7. The lowest BCUT2D eigenvalue weighted by molar-refractivity contribution is -0.136. The number of aromatic nitrogens is 2. The van der Waals surface area contributed by atoms with E-state index in [1.54, 1.807) is 24.3 Å². The Morgan fingerprint density at radius 3 is 2.10 bits per heavy atom. The van der Waals surface area contributed by atoms with Crippen LogP contribution in [-0.2, 0) is 38.6 Å². The zero-order valence-electron chi connectivity index (χ0n) is 33.8. The molecule has 4 aromatic rings. The lowest BCUT2D eigenvalue weighted by Crippen LogP contribution is -2.54. The molecule has 19 nitrogen and oxygen atoms in total. The summed E-state index contributed by atoms with van der Waals surface area (Å²) >= 11 is 0. The molecule has 0 radical (unpaired) electrons. The summed E-state index contributed by atoms with van der Waals surface area (Å²) in [5.41, 5.74) is 3.37. The van der Waals surface area contributed by atoms with Gasteiger partial charge in [0.05, 0.1) is 86.9 Å². The van der Waals surface area contributed by atoms with Crippen molar-refractivity contribution >= 4 is 61.7 Å². The Morgan fingerprint density at radius 2 is 1.42 bits per heavy atom. The first-order valence-corrected chi connectivity index (χ1v) is 21.8. The Morgan fingerprint density at radius 1 is 0.758 bits per heavy atom. The summed E-state index contributed by atoms with van der Waals surface area (Å²) in [6, 6.07) is 18.7. The van der Waals surface area contributed by atoms with Crippen molar-refractivity contribution in [3.05, 3.63) is 83.7 Å². The fourth-order valence-electron chi connectivity index (χ4n) is 7.16. The number of amides is 4. The number of sulfonamides is 1. The molecule has 2 fully saturated rings. The smallest absolute Gasteiger partial charge is 0.262 e. The van der Waals surface area contributed by atoms with Crippen LogP contribution in [-0.4, -0.2) is 149 Å². The van der Waals surface area contributed by atoms with Crippen molar-refractivity contribution in [2.45, 2.75) is 18.9 Å². The Hall–Kier alpha value is -6.08. The highest BCUT2D eigenvalue weighted by atomic mass is 32.2.